The molecular weight excluding hydrogens is 206 g/mol. The molecule has 1 aliphatic carbocycles. The zero-order valence-corrected chi connectivity index (χ0v) is 10.2. The van der Waals surface area contributed by atoms with E-state index in [1.807, 2.05) is 6.92 Å². The highest BCUT2D eigenvalue weighted by Crippen LogP contribution is 2.25. The van der Waals surface area contributed by atoms with Crippen molar-refractivity contribution in [2.75, 3.05) is 13.2 Å². The molecule has 4 heteroatoms. The third-order valence-electron chi connectivity index (χ3n) is 3.05. The van der Waals surface area contributed by atoms with E-state index in [4.69, 9.17) is 9.84 Å². The van der Waals surface area contributed by atoms with Crippen molar-refractivity contribution in [2.24, 2.45) is 5.92 Å². The Morgan fingerprint density at radius 1 is 1.44 bits per heavy atom. The van der Waals surface area contributed by atoms with Crippen molar-refractivity contribution >= 4 is 5.97 Å². The molecule has 1 atom stereocenters. The molecule has 4 nitrogen and oxygen atoms in total. The molecule has 94 valence electrons. The van der Waals surface area contributed by atoms with Crippen LogP contribution in [0.1, 0.15) is 39.5 Å². The molecule has 1 fully saturated rings. The van der Waals surface area contributed by atoms with Crippen LogP contribution in [0.5, 0.6) is 0 Å². The van der Waals surface area contributed by atoms with Gasteiger partial charge in [0, 0.05) is 12.6 Å². The molecule has 0 aromatic rings. The Kier molecular flexibility index (Phi) is 5.77. The van der Waals surface area contributed by atoms with Crippen molar-refractivity contribution in [1.82, 2.24) is 5.32 Å². The van der Waals surface area contributed by atoms with E-state index in [2.05, 4.69) is 5.32 Å². The fourth-order valence-electron chi connectivity index (χ4n) is 2.13. The number of hydrogen-bond donors (Lipinski definition) is 2. The van der Waals surface area contributed by atoms with Crippen molar-refractivity contribution in [2.45, 2.75) is 51.7 Å². The van der Waals surface area contributed by atoms with Gasteiger partial charge in [0.25, 0.3) is 0 Å². The van der Waals surface area contributed by atoms with Gasteiger partial charge in [-0.2, -0.15) is 0 Å². The van der Waals surface area contributed by atoms with Crippen molar-refractivity contribution in [3.63, 3.8) is 0 Å². The maximum atomic E-state index is 11.5. The lowest BCUT2D eigenvalue weighted by Crippen LogP contribution is -2.38. The lowest BCUT2D eigenvalue weighted by Gasteiger charge is -2.28. The van der Waals surface area contributed by atoms with Gasteiger partial charge in [0.15, 0.2) is 0 Å². The molecule has 0 aromatic carbocycles. The first-order chi connectivity index (χ1) is 7.63. The number of hydrogen-bond acceptors (Lipinski definition) is 4. The van der Waals surface area contributed by atoms with E-state index in [1.165, 1.54) is 0 Å². The summed E-state index contributed by atoms with van der Waals surface area (Å²) in [5, 5.41) is 12.5. The third kappa shape index (κ3) is 4.49. The molecular formula is C12H23NO3. The van der Waals surface area contributed by atoms with Crippen LogP contribution in [0.4, 0.5) is 0 Å². The van der Waals surface area contributed by atoms with Gasteiger partial charge in [0.05, 0.1) is 18.6 Å². The zero-order valence-electron chi connectivity index (χ0n) is 10.2. The number of aliphatic hydroxyl groups is 1. The largest absolute Gasteiger partial charge is 0.466 e. The molecule has 1 saturated carbocycles. The monoisotopic (exact) mass is 229 g/mol. The second-order valence-electron chi connectivity index (χ2n) is 4.56. The predicted molar refractivity (Wildman–Crippen MR) is 62.1 cm³/mol. The van der Waals surface area contributed by atoms with Crippen LogP contribution in [-0.4, -0.2) is 36.4 Å². The SMILES string of the molecule is CCOC(=O)C1CCC(NC[C@H](C)O)CC1. The van der Waals surface area contributed by atoms with Gasteiger partial charge in [0.2, 0.25) is 0 Å². The summed E-state index contributed by atoms with van der Waals surface area (Å²) in [5.74, 6) is 0.0426. The molecule has 0 bridgehead atoms. The Labute approximate surface area is 97.4 Å². The standard InChI is InChI=1S/C12H23NO3/c1-3-16-12(15)10-4-6-11(7-5-10)13-8-9(2)14/h9-11,13-14H,3-8H2,1-2H3/t9-,10?,11?/m0/s1. The van der Waals surface area contributed by atoms with Crippen molar-refractivity contribution in [3.8, 4) is 0 Å². The van der Waals surface area contributed by atoms with Gasteiger partial charge in [-0.1, -0.05) is 0 Å². The van der Waals surface area contributed by atoms with Crippen molar-refractivity contribution in [3.05, 3.63) is 0 Å². The van der Waals surface area contributed by atoms with Crippen molar-refractivity contribution < 1.29 is 14.6 Å². The fraction of sp³-hybridized carbons (Fsp3) is 0.917. The average Bonchev–Trinajstić information content (AvgIpc) is 2.27. The lowest BCUT2D eigenvalue weighted by molar-refractivity contribution is -0.149. The number of esters is 1. The highest BCUT2D eigenvalue weighted by molar-refractivity contribution is 5.72. The van der Waals surface area contributed by atoms with Crippen LogP contribution in [-0.2, 0) is 9.53 Å². The van der Waals surface area contributed by atoms with Crippen LogP contribution in [0.3, 0.4) is 0 Å². The number of carbonyl (C=O) groups is 1. The first-order valence-corrected chi connectivity index (χ1v) is 6.21. The summed E-state index contributed by atoms with van der Waals surface area (Å²) in [6.07, 6.45) is 3.49. The first-order valence-electron chi connectivity index (χ1n) is 6.21. The Balaban J connectivity index is 2.20. The van der Waals surface area contributed by atoms with E-state index in [-0.39, 0.29) is 18.0 Å². The number of aliphatic hydroxyl groups excluding tert-OH is 1. The highest BCUT2D eigenvalue weighted by atomic mass is 16.5. The third-order valence-corrected chi connectivity index (χ3v) is 3.05. The van der Waals surface area contributed by atoms with E-state index in [0.717, 1.165) is 25.7 Å². The zero-order chi connectivity index (χ0) is 12.0. The first kappa shape index (κ1) is 13.5. The second kappa shape index (κ2) is 6.86. The molecule has 1 rings (SSSR count). The van der Waals surface area contributed by atoms with Crippen LogP contribution in [0, 0.1) is 5.92 Å². The Hall–Kier alpha value is -0.610. The minimum atomic E-state index is -0.303. The van der Waals surface area contributed by atoms with Crippen molar-refractivity contribution in [1.29, 1.82) is 0 Å². The molecule has 16 heavy (non-hydrogen) atoms. The summed E-state index contributed by atoms with van der Waals surface area (Å²) in [5.41, 5.74) is 0. The van der Waals surface area contributed by atoms with Gasteiger partial charge in [-0.25, -0.2) is 0 Å². The van der Waals surface area contributed by atoms with Crippen LogP contribution in [0.2, 0.25) is 0 Å². The molecule has 2 N–H and O–H groups in total. The van der Waals surface area contributed by atoms with Crippen LogP contribution in [0.15, 0.2) is 0 Å². The van der Waals surface area contributed by atoms with Gasteiger partial charge in [-0.15, -0.1) is 0 Å². The molecule has 0 unspecified atom stereocenters. The van der Waals surface area contributed by atoms with E-state index in [1.54, 1.807) is 6.92 Å². The van der Waals surface area contributed by atoms with Crippen LogP contribution in [0.25, 0.3) is 0 Å². The van der Waals surface area contributed by atoms with E-state index in [0.29, 0.717) is 19.2 Å². The van der Waals surface area contributed by atoms with Gasteiger partial charge in [0.1, 0.15) is 0 Å². The molecule has 0 aliphatic heterocycles. The highest BCUT2D eigenvalue weighted by Gasteiger charge is 2.26. The van der Waals surface area contributed by atoms with Gasteiger partial charge >= 0.3 is 5.97 Å². The van der Waals surface area contributed by atoms with Gasteiger partial charge < -0.3 is 15.2 Å². The lowest BCUT2D eigenvalue weighted by atomic mass is 9.86. The number of rotatable bonds is 5. The average molecular weight is 229 g/mol. The fourth-order valence-corrected chi connectivity index (χ4v) is 2.13. The minimum absolute atomic E-state index is 0.0449. The summed E-state index contributed by atoms with van der Waals surface area (Å²) < 4.78 is 5.02. The summed E-state index contributed by atoms with van der Waals surface area (Å²) in [6.45, 7) is 4.72. The summed E-state index contributed by atoms with van der Waals surface area (Å²) >= 11 is 0. The quantitative estimate of drug-likeness (QED) is 0.693. The number of carbonyl (C=O) groups excluding carboxylic acids is 1. The summed E-state index contributed by atoms with van der Waals surface area (Å²) in [7, 11) is 0. The normalized spacial score (nSPS) is 27.4. The molecule has 0 heterocycles. The Bertz CT molecular complexity index is 210. The molecule has 0 aromatic heterocycles. The second-order valence-corrected chi connectivity index (χ2v) is 4.56. The molecule has 0 amide bonds. The molecule has 0 spiro atoms. The predicted octanol–water partition coefficient (Wildman–Crippen LogP) is 1.08. The summed E-state index contributed by atoms with van der Waals surface area (Å²) in [4.78, 5) is 11.5. The van der Waals surface area contributed by atoms with E-state index < -0.39 is 0 Å². The van der Waals surface area contributed by atoms with Gasteiger partial charge in [-0.3, -0.25) is 4.79 Å². The maximum absolute atomic E-state index is 11.5. The minimum Gasteiger partial charge on any atom is -0.466 e. The van der Waals surface area contributed by atoms with Gasteiger partial charge in [-0.05, 0) is 39.5 Å². The molecule has 0 saturated heterocycles. The maximum Gasteiger partial charge on any atom is 0.308 e. The van der Waals surface area contributed by atoms with Crippen LogP contribution >= 0.6 is 0 Å². The number of ether oxygens (including phenoxy) is 1. The van der Waals surface area contributed by atoms with Crippen LogP contribution < -0.4 is 5.32 Å². The molecule has 0 radical (unpaired) electrons. The Morgan fingerprint density at radius 3 is 2.56 bits per heavy atom. The summed E-state index contributed by atoms with van der Waals surface area (Å²) in [6, 6.07) is 0.445. The Morgan fingerprint density at radius 2 is 2.06 bits per heavy atom. The topological polar surface area (TPSA) is 58.6 Å². The molecule has 1 aliphatic rings. The van der Waals surface area contributed by atoms with E-state index in [9.17, 15) is 4.79 Å². The van der Waals surface area contributed by atoms with E-state index >= 15 is 0 Å². The smallest absolute Gasteiger partial charge is 0.308 e. The number of nitrogens with one attached hydrogen (secondary N) is 1.